The van der Waals surface area contributed by atoms with Crippen molar-refractivity contribution in [3.8, 4) is 0 Å². The molecule has 1 aliphatic rings. The topological polar surface area (TPSA) is 105 Å². The number of rotatable bonds is 6. The Morgan fingerprint density at radius 1 is 1.14 bits per heavy atom. The number of nitro groups is 1. The Morgan fingerprint density at radius 3 is 2.61 bits per heavy atom. The van der Waals surface area contributed by atoms with Crippen molar-refractivity contribution in [3.05, 3.63) is 69.8 Å². The quantitative estimate of drug-likeness (QED) is 0.613. The number of benzene rings is 2. The molecule has 1 aliphatic heterocycles. The van der Waals surface area contributed by atoms with Gasteiger partial charge in [0.1, 0.15) is 0 Å². The molecule has 3 rings (SSSR count). The smallest absolute Gasteiger partial charge is 0.274 e. The van der Waals surface area contributed by atoms with Gasteiger partial charge in [-0.25, -0.2) is 5.01 Å². The minimum atomic E-state index is -0.496. The molecule has 0 spiro atoms. The summed E-state index contributed by atoms with van der Waals surface area (Å²) in [6.07, 6.45) is 0.674. The van der Waals surface area contributed by atoms with Crippen LogP contribution in [0.3, 0.4) is 0 Å². The van der Waals surface area contributed by atoms with E-state index >= 15 is 0 Å². The first-order chi connectivity index (χ1) is 13.5. The maximum atomic E-state index is 12.3. The van der Waals surface area contributed by atoms with Gasteiger partial charge in [0.15, 0.2) is 0 Å². The van der Waals surface area contributed by atoms with Crippen LogP contribution in [0.5, 0.6) is 0 Å². The molecule has 1 heterocycles. The monoisotopic (exact) mass is 380 g/mol. The zero-order valence-corrected chi connectivity index (χ0v) is 15.4. The first-order valence-electron chi connectivity index (χ1n) is 8.93. The third-order valence-corrected chi connectivity index (χ3v) is 4.54. The summed E-state index contributed by atoms with van der Waals surface area (Å²) < 4.78 is 0. The van der Waals surface area contributed by atoms with Crippen LogP contribution in [0.1, 0.15) is 30.4 Å². The van der Waals surface area contributed by atoms with E-state index in [1.54, 1.807) is 13.0 Å². The number of hydrogen-bond acceptors (Lipinski definition) is 5. The number of nitro benzene ring substituents is 1. The number of carbonyl (C=O) groups excluding carboxylic acids is 2. The fraction of sp³-hybridized carbons (Fsp3) is 0.250. The van der Waals surface area contributed by atoms with Crippen LogP contribution in [0.15, 0.2) is 53.6 Å². The van der Waals surface area contributed by atoms with Crippen LogP contribution in [-0.4, -0.2) is 34.0 Å². The second kappa shape index (κ2) is 8.43. The average Bonchev–Trinajstić information content (AvgIpc) is 3.18. The van der Waals surface area contributed by atoms with Gasteiger partial charge in [0.2, 0.25) is 11.8 Å². The van der Waals surface area contributed by atoms with E-state index in [9.17, 15) is 19.7 Å². The van der Waals surface area contributed by atoms with Crippen molar-refractivity contribution in [1.82, 2.24) is 5.01 Å². The molecule has 0 aliphatic carbocycles. The molecule has 0 saturated carbocycles. The molecule has 1 N–H and O–H groups in total. The van der Waals surface area contributed by atoms with Crippen LogP contribution in [-0.2, 0) is 9.59 Å². The Balaban J connectivity index is 1.55. The Morgan fingerprint density at radius 2 is 1.89 bits per heavy atom. The van der Waals surface area contributed by atoms with Crippen molar-refractivity contribution >= 4 is 28.9 Å². The molecule has 2 amide bonds. The predicted octanol–water partition coefficient (Wildman–Crippen LogP) is 3.26. The average molecular weight is 380 g/mol. The lowest BCUT2D eigenvalue weighted by molar-refractivity contribution is -0.385. The van der Waals surface area contributed by atoms with Crippen molar-refractivity contribution in [1.29, 1.82) is 0 Å². The minimum Gasteiger partial charge on any atom is -0.326 e. The number of nitrogens with zero attached hydrogens (tertiary/aromatic N) is 3. The molecule has 2 aromatic rings. The van der Waals surface area contributed by atoms with Crippen LogP contribution in [0.25, 0.3) is 0 Å². The maximum Gasteiger partial charge on any atom is 0.274 e. The second-order valence-corrected chi connectivity index (χ2v) is 6.43. The van der Waals surface area contributed by atoms with Crippen LogP contribution < -0.4 is 5.32 Å². The second-order valence-electron chi connectivity index (χ2n) is 6.43. The SMILES string of the molecule is Cc1c(NC(=O)CCC(=O)N2CCC(c3ccccc3)=N2)cccc1[N+](=O)[O-]. The van der Waals surface area contributed by atoms with E-state index in [-0.39, 0.29) is 30.3 Å². The third kappa shape index (κ3) is 4.40. The Bertz CT molecular complexity index is 940. The summed E-state index contributed by atoms with van der Waals surface area (Å²) in [7, 11) is 0. The summed E-state index contributed by atoms with van der Waals surface area (Å²) in [4.78, 5) is 35.0. The van der Waals surface area contributed by atoms with Gasteiger partial charge >= 0.3 is 0 Å². The summed E-state index contributed by atoms with van der Waals surface area (Å²) in [6, 6.07) is 14.1. The number of hydrogen-bond donors (Lipinski definition) is 1. The van der Waals surface area contributed by atoms with Gasteiger partial charge in [-0.15, -0.1) is 0 Å². The number of nitrogens with one attached hydrogen (secondary N) is 1. The normalized spacial score (nSPS) is 13.2. The van der Waals surface area contributed by atoms with E-state index in [0.717, 1.165) is 11.3 Å². The Kier molecular flexibility index (Phi) is 5.78. The van der Waals surface area contributed by atoms with Gasteiger partial charge in [0.05, 0.1) is 28.4 Å². The maximum absolute atomic E-state index is 12.3. The summed E-state index contributed by atoms with van der Waals surface area (Å²) in [5, 5.41) is 19.4. The molecule has 0 fully saturated rings. The zero-order valence-electron chi connectivity index (χ0n) is 15.4. The van der Waals surface area contributed by atoms with Crippen LogP contribution in [0.4, 0.5) is 11.4 Å². The van der Waals surface area contributed by atoms with Gasteiger partial charge in [0, 0.05) is 25.3 Å². The van der Waals surface area contributed by atoms with E-state index in [4.69, 9.17) is 0 Å². The van der Waals surface area contributed by atoms with Crippen molar-refractivity contribution in [2.45, 2.75) is 26.2 Å². The lowest BCUT2D eigenvalue weighted by atomic mass is 10.1. The largest absolute Gasteiger partial charge is 0.326 e. The molecule has 0 unspecified atom stereocenters. The first kappa shape index (κ1) is 19.2. The number of amides is 2. The highest BCUT2D eigenvalue weighted by Crippen LogP contribution is 2.25. The van der Waals surface area contributed by atoms with Crippen molar-refractivity contribution in [2.24, 2.45) is 5.10 Å². The third-order valence-electron chi connectivity index (χ3n) is 4.54. The molecule has 28 heavy (non-hydrogen) atoms. The molecule has 0 aromatic heterocycles. The fourth-order valence-electron chi connectivity index (χ4n) is 2.99. The molecule has 0 saturated heterocycles. The zero-order chi connectivity index (χ0) is 20.1. The molecule has 2 aromatic carbocycles. The van der Waals surface area contributed by atoms with Crippen molar-refractivity contribution < 1.29 is 14.5 Å². The highest BCUT2D eigenvalue weighted by atomic mass is 16.6. The summed E-state index contributed by atoms with van der Waals surface area (Å²) in [5.74, 6) is -0.597. The molecule has 0 radical (unpaired) electrons. The van der Waals surface area contributed by atoms with Crippen LogP contribution in [0, 0.1) is 17.0 Å². The van der Waals surface area contributed by atoms with Crippen LogP contribution in [0.2, 0.25) is 0 Å². The molecular formula is C20H20N4O4. The fourth-order valence-corrected chi connectivity index (χ4v) is 2.99. The molecule has 8 nitrogen and oxygen atoms in total. The molecular weight excluding hydrogens is 360 g/mol. The number of carbonyl (C=O) groups is 2. The lowest BCUT2D eigenvalue weighted by Gasteiger charge is -2.12. The molecule has 0 bridgehead atoms. The minimum absolute atomic E-state index is 0.0192. The van der Waals surface area contributed by atoms with Gasteiger partial charge in [-0.2, -0.15) is 5.10 Å². The van der Waals surface area contributed by atoms with E-state index in [1.807, 2.05) is 30.3 Å². The number of anilines is 1. The van der Waals surface area contributed by atoms with Gasteiger partial charge in [-0.1, -0.05) is 36.4 Å². The van der Waals surface area contributed by atoms with Crippen LogP contribution >= 0.6 is 0 Å². The summed E-state index contributed by atoms with van der Waals surface area (Å²) in [5.41, 5.74) is 2.53. The molecule has 0 atom stereocenters. The molecule has 8 heteroatoms. The van der Waals surface area contributed by atoms with E-state index < -0.39 is 4.92 Å². The first-order valence-corrected chi connectivity index (χ1v) is 8.93. The van der Waals surface area contributed by atoms with Crippen molar-refractivity contribution in [3.63, 3.8) is 0 Å². The van der Waals surface area contributed by atoms with E-state index in [2.05, 4.69) is 10.4 Å². The Hall–Kier alpha value is -3.55. The predicted molar refractivity (Wildman–Crippen MR) is 105 cm³/mol. The Labute approximate surface area is 162 Å². The summed E-state index contributed by atoms with van der Waals surface area (Å²) >= 11 is 0. The summed E-state index contributed by atoms with van der Waals surface area (Å²) in [6.45, 7) is 2.07. The van der Waals surface area contributed by atoms with Gasteiger partial charge in [-0.05, 0) is 18.6 Å². The van der Waals surface area contributed by atoms with Gasteiger partial charge in [-0.3, -0.25) is 19.7 Å². The lowest BCUT2D eigenvalue weighted by Crippen LogP contribution is -2.25. The van der Waals surface area contributed by atoms with Gasteiger partial charge < -0.3 is 5.32 Å². The highest BCUT2D eigenvalue weighted by Gasteiger charge is 2.22. The number of hydrazone groups is 1. The molecule has 144 valence electrons. The standard InChI is InChI=1S/C20H20N4O4/c1-14-16(8-5-9-18(14)24(27)28)21-19(25)10-11-20(26)23-13-12-17(22-23)15-6-3-2-4-7-15/h2-9H,10-13H2,1H3,(H,21,25). The van der Waals surface area contributed by atoms with Gasteiger partial charge in [0.25, 0.3) is 5.69 Å². The van der Waals surface area contributed by atoms with E-state index in [1.165, 1.54) is 17.1 Å². The highest BCUT2D eigenvalue weighted by molar-refractivity contribution is 6.02. The van der Waals surface area contributed by atoms with E-state index in [0.29, 0.717) is 24.2 Å². The van der Waals surface area contributed by atoms with Crippen molar-refractivity contribution in [2.75, 3.05) is 11.9 Å².